The van der Waals surface area contributed by atoms with Crippen molar-refractivity contribution < 1.29 is 14.7 Å². The lowest BCUT2D eigenvalue weighted by molar-refractivity contribution is -0.123. The second kappa shape index (κ2) is 5.99. The van der Waals surface area contributed by atoms with Crippen molar-refractivity contribution in [3.8, 4) is 5.75 Å². The molecular formula is C14H17IN2O3. The van der Waals surface area contributed by atoms with Gasteiger partial charge in [-0.05, 0) is 60.6 Å². The van der Waals surface area contributed by atoms with Gasteiger partial charge in [0.15, 0.2) is 0 Å². The van der Waals surface area contributed by atoms with Gasteiger partial charge in [0, 0.05) is 18.2 Å². The molecule has 1 aromatic rings. The molecule has 1 heterocycles. The third-order valence-corrected chi connectivity index (χ3v) is 4.65. The first-order valence-electron chi connectivity index (χ1n) is 6.49. The minimum Gasteiger partial charge on any atom is -0.507 e. The molecule has 108 valence electrons. The molecule has 0 aromatic heterocycles. The Bertz CT molecular complexity index is 547. The lowest BCUT2D eigenvalue weighted by atomic mass is 9.92. The van der Waals surface area contributed by atoms with E-state index < -0.39 is 0 Å². The van der Waals surface area contributed by atoms with Crippen molar-refractivity contribution in [3.05, 3.63) is 27.3 Å². The molecule has 1 aliphatic heterocycles. The van der Waals surface area contributed by atoms with E-state index in [1.54, 1.807) is 17.0 Å². The summed E-state index contributed by atoms with van der Waals surface area (Å²) in [6.45, 7) is 2.31. The van der Waals surface area contributed by atoms with Gasteiger partial charge in [-0.2, -0.15) is 0 Å². The van der Waals surface area contributed by atoms with Gasteiger partial charge in [0.1, 0.15) is 5.75 Å². The van der Waals surface area contributed by atoms with E-state index in [4.69, 9.17) is 5.73 Å². The van der Waals surface area contributed by atoms with Gasteiger partial charge in [-0.25, -0.2) is 0 Å². The second-order valence-electron chi connectivity index (χ2n) is 5.15. The molecule has 1 aliphatic rings. The van der Waals surface area contributed by atoms with E-state index in [1.165, 1.54) is 6.07 Å². The van der Waals surface area contributed by atoms with E-state index in [0.29, 0.717) is 15.7 Å². The number of amides is 2. The fraction of sp³-hybridized carbons (Fsp3) is 0.429. The van der Waals surface area contributed by atoms with E-state index >= 15 is 0 Å². The number of primary amides is 1. The number of aromatic hydroxyl groups is 1. The zero-order valence-electron chi connectivity index (χ0n) is 11.2. The Labute approximate surface area is 131 Å². The summed E-state index contributed by atoms with van der Waals surface area (Å²) in [6.07, 6.45) is 1.48. The van der Waals surface area contributed by atoms with Gasteiger partial charge >= 0.3 is 0 Å². The first kappa shape index (κ1) is 15.1. The van der Waals surface area contributed by atoms with Crippen LogP contribution in [-0.2, 0) is 4.79 Å². The molecule has 2 atom stereocenters. The summed E-state index contributed by atoms with van der Waals surface area (Å²) in [6, 6.07) is 4.91. The molecule has 0 spiro atoms. The minimum atomic E-state index is -0.361. The summed E-state index contributed by atoms with van der Waals surface area (Å²) in [5.41, 5.74) is 5.77. The summed E-state index contributed by atoms with van der Waals surface area (Å²) in [5, 5.41) is 9.70. The van der Waals surface area contributed by atoms with Crippen molar-refractivity contribution in [1.82, 2.24) is 4.90 Å². The third-order valence-electron chi connectivity index (χ3n) is 3.74. The minimum absolute atomic E-state index is 0.0690. The number of phenols is 1. The van der Waals surface area contributed by atoms with Crippen LogP contribution in [0.3, 0.4) is 0 Å². The first-order valence-corrected chi connectivity index (χ1v) is 7.57. The van der Waals surface area contributed by atoms with E-state index in [1.807, 2.05) is 29.5 Å². The van der Waals surface area contributed by atoms with Gasteiger partial charge in [0.05, 0.1) is 9.49 Å². The lowest BCUT2D eigenvalue weighted by Gasteiger charge is -2.37. The van der Waals surface area contributed by atoms with Crippen LogP contribution < -0.4 is 5.73 Å². The number of likely N-dealkylation sites (tertiary alicyclic amines) is 1. The van der Waals surface area contributed by atoms with Crippen LogP contribution in [0.15, 0.2) is 18.2 Å². The Morgan fingerprint density at radius 3 is 2.70 bits per heavy atom. The zero-order valence-corrected chi connectivity index (χ0v) is 13.3. The highest BCUT2D eigenvalue weighted by molar-refractivity contribution is 14.1. The Morgan fingerprint density at radius 2 is 2.10 bits per heavy atom. The van der Waals surface area contributed by atoms with Crippen LogP contribution in [0.4, 0.5) is 0 Å². The molecule has 2 unspecified atom stereocenters. The van der Waals surface area contributed by atoms with Crippen LogP contribution in [-0.4, -0.2) is 34.4 Å². The number of phenolic OH excluding ortho intramolecular Hbond substituents is 1. The number of nitrogens with zero attached hydrogens (tertiary/aromatic N) is 1. The van der Waals surface area contributed by atoms with Crippen molar-refractivity contribution in [2.75, 3.05) is 6.54 Å². The highest BCUT2D eigenvalue weighted by Crippen LogP contribution is 2.26. The van der Waals surface area contributed by atoms with Gasteiger partial charge in [-0.1, -0.05) is 0 Å². The summed E-state index contributed by atoms with van der Waals surface area (Å²) >= 11 is 2.00. The molecule has 1 fully saturated rings. The number of hydrogen-bond acceptors (Lipinski definition) is 3. The molecule has 5 nitrogen and oxygen atoms in total. The predicted octanol–water partition coefficient (Wildman–Crippen LogP) is 1.72. The molecule has 0 saturated carbocycles. The molecule has 2 amide bonds. The van der Waals surface area contributed by atoms with Crippen molar-refractivity contribution in [2.45, 2.75) is 25.8 Å². The molecule has 6 heteroatoms. The number of nitrogens with two attached hydrogens (primary N) is 1. The van der Waals surface area contributed by atoms with Crippen molar-refractivity contribution >= 4 is 34.4 Å². The molecule has 0 aliphatic carbocycles. The quantitative estimate of drug-likeness (QED) is 0.757. The average molecular weight is 388 g/mol. The summed E-state index contributed by atoms with van der Waals surface area (Å²) in [7, 11) is 0. The largest absolute Gasteiger partial charge is 0.507 e. The zero-order chi connectivity index (χ0) is 14.9. The number of piperidine rings is 1. The van der Waals surface area contributed by atoms with Gasteiger partial charge in [-0.15, -0.1) is 0 Å². The van der Waals surface area contributed by atoms with Gasteiger partial charge in [0.2, 0.25) is 5.91 Å². The van der Waals surface area contributed by atoms with Crippen molar-refractivity contribution in [3.63, 3.8) is 0 Å². The fourth-order valence-corrected chi connectivity index (χ4v) is 2.77. The fourth-order valence-electron chi connectivity index (χ4n) is 2.43. The molecule has 1 saturated heterocycles. The van der Waals surface area contributed by atoms with E-state index in [2.05, 4.69) is 0 Å². The van der Waals surface area contributed by atoms with Gasteiger partial charge in [0.25, 0.3) is 5.91 Å². The molecule has 0 radical (unpaired) electrons. The topological polar surface area (TPSA) is 83.6 Å². The van der Waals surface area contributed by atoms with Crippen LogP contribution in [0.25, 0.3) is 0 Å². The Morgan fingerprint density at radius 1 is 1.40 bits per heavy atom. The van der Waals surface area contributed by atoms with Crippen LogP contribution in [0.5, 0.6) is 5.75 Å². The Hall–Kier alpha value is -1.31. The number of benzene rings is 1. The summed E-state index contributed by atoms with van der Waals surface area (Å²) < 4.78 is 0.695. The highest BCUT2D eigenvalue weighted by atomic mass is 127. The van der Waals surface area contributed by atoms with Crippen LogP contribution in [0, 0.1) is 9.49 Å². The molecule has 2 rings (SSSR count). The molecule has 20 heavy (non-hydrogen) atoms. The maximum absolute atomic E-state index is 12.5. The van der Waals surface area contributed by atoms with Crippen molar-refractivity contribution in [1.29, 1.82) is 0 Å². The number of halogens is 1. The smallest absolute Gasteiger partial charge is 0.254 e. The number of carbonyl (C=O) groups is 2. The summed E-state index contributed by atoms with van der Waals surface area (Å²) in [5.74, 6) is -0.726. The van der Waals surface area contributed by atoms with Crippen LogP contribution in [0.2, 0.25) is 0 Å². The number of hydrogen-bond donors (Lipinski definition) is 2. The Balaban J connectivity index is 2.21. The molecule has 3 N–H and O–H groups in total. The van der Waals surface area contributed by atoms with Crippen LogP contribution in [0.1, 0.15) is 30.1 Å². The SMILES string of the molecule is CC1CCC(C(N)=O)CN1C(=O)c1ccc(I)c(O)c1. The van der Waals surface area contributed by atoms with Crippen molar-refractivity contribution in [2.24, 2.45) is 11.7 Å². The third kappa shape index (κ3) is 3.05. The van der Waals surface area contributed by atoms with E-state index in [-0.39, 0.29) is 29.5 Å². The first-order chi connectivity index (χ1) is 9.40. The average Bonchev–Trinajstić information content (AvgIpc) is 2.41. The molecule has 1 aromatic carbocycles. The van der Waals surface area contributed by atoms with Gasteiger partial charge < -0.3 is 15.7 Å². The maximum Gasteiger partial charge on any atom is 0.254 e. The standard InChI is InChI=1S/C14H17IN2O3/c1-8-2-3-10(13(16)19)7-17(8)14(20)9-4-5-11(15)12(18)6-9/h4-6,8,10,18H,2-3,7H2,1H3,(H2,16,19). The van der Waals surface area contributed by atoms with E-state index in [9.17, 15) is 14.7 Å². The van der Waals surface area contributed by atoms with E-state index in [0.717, 1.165) is 12.8 Å². The maximum atomic E-state index is 12.5. The number of carbonyl (C=O) groups excluding carboxylic acids is 2. The second-order valence-corrected chi connectivity index (χ2v) is 6.31. The lowest BCUT2D eigenvalue weighted by Crippen LogP contribution is -2.48. The molecule has 0 bridgehead atoms. The molecular weight excluding hydrogens is 371 g/mol. The number of rotatable bonds is 2. The summed E-state index contributed by atoms with van der Waals surface area (Å²) in [4.78, 5) is 25.5. The highest BCUT2D eigenvalue weighted by Gasteiger charge is 2.32. The predicted molar refractivity (Wildman–Crippen MR) is 83.2 cm³/mol. The van der Waals surface area contributed by atoms with Gasteiger partial charge in [-0.3, -0.25) is 9.59 Å². The van der Waals surface area contributed by atoms with Crippen LogP contribution >= 0.6 is 22.6 Å². The monoisotopic (exact) mass is 388 g/mol. The normalized spacial score (nSPS) is 22.6. The Kier molecular flexibility index (Phi) is 4.52.